The lowest BCUT2D eigenvalue weighted by molar-refractivity contribution is -0.309. The molecule has 0 saturated carbocycles. The number of carboxylic acids is 2. The quantitative estimate of drug-likeness (QED) is 0.368. The van der Waals surface area contributed by atoms with E-state index in [1.165, 1.54) is 24.3 Å². The Hall–Kier alpha value is -3.68. The van der Waals surface area contributed by atoms with Crippen LogP contribution in [-0.4, -0.2) is 37.5 Å². The Morgan fingerprint density at radius 1 is 1.06 bits per heavy atom. The van der Waals surface area contributed by atoms with E-state index in [9.17, 15) is 37.8 Å². The number of benzene rings is 2. The van der Waals surface area contributed by atoms with Crippen molar-refractivity contribution >= 4 is 50.9 Å². The molecule has 2 aromatic rings. The van der Waals surface area contributed by atoms with Crippen molar-refractivity contribution < 1.29 is 42.5 Å². The third kappa shape index (κ3) is 7.40. The Morgan fingerprint density at radius 2 is 1.71 bits per heavy atom. The van der Waals surface area contributed by atoms with E-state index < -0.39 is 52.0 Å². The molecule has 0 spiro atoms. The normalized spacial score (nSPS) is 15.6. The average molecular weight is 519 g/mol. The second kappa shape index (κ2) is 11.2. The zero-order chi connectivity index (χ0) is 25.6. The lowest BCUT2D eigenvalue weighted by Crippen LogP contribution is -2.48. The van der Waals surface area contributed by atoms with Crippen molar-refractivity contribution in [3.63, 3.8) is 0 Å². The molecule has 2 N–H and O–H groups in total. The van der Waals surface area contributed by atoms with Gasteiger partial charge < -0.3 is 24.5 Å². The Kier molecular flexibility index (Phi) is 8.27. The summed E-state index contributed by atoms with van der Waals surface area (Å²) >= 11 is 0.816. The maximum Gasteiger partial charge on any atom is 0.290 e. The molecule has 3 rings (SSSR count). The number of ether oxygens (including phenoxy) is 1. The van der Waals surface area contributed by atoms with Gasteiger partial charge in [0, 0.05) is 5.97 Å². The van der Waals surface area contributed by atoms with E-state index in [-0.39, 0.29) is 16.4 Å². The highest BCUT2D eigenvalue weighted by Crippen LogP contribution is 2.26. The molecule has 35 heavy (non-hydrogen) atoms. The zero-order valence-corrected chi connectivity index (χ0v) is 19.5. The molecular formula is C22H18N2O9S2-2. The predicted molar refractivity (Wildman–Crippen MR) is 120 cm³/mol. The molecule has 0 aliphatic carbocycles. The summed E-state index contributed by atoms with van der Waals surface area (Å²) in [5.41, 5.74) is 1.32. The van der Waals surface area contributed by atoms with Crippen molar-refractivity contribution in [2.45, 2.75) is 30.4 Å². The van der Waals surface area contributed by atoms with Crippen LogP contribution in [0.4, 0.5) is 4.79 Å². The first-order valence-corrected chi connectivity index (χ1v) is 12.3. The summed E-state index contributed by atoms with van der Waals surface area (Å²) in [6, 6.07) is 10.5. The molecule has 11 nitrogen and oxygen atoms in total. The van der Waals surface area contributed by atoms with Crippen LogP contribution in [0.5, 0.6) is 5.75 Å². The van der Waals surface area contributed by atoms with Crippen molar-refractivity contribution in [2.75, 3.05) is 0 Å². The topological polar surface area (TPSA) is 182 Å². The largest absolute Gasteiger partial charge is 0.550 e. The fourth-order valence-electron chi connectivity index (χ4n) is 2.91. The first-order chi connectivity index (χ1) is 16.5. The van der Waals surface area contributed by atoms with E-state index in [0.717, 1.165) is 11.8 Å². The van der Waals surface area contributed by atoms with Crippen molar-refractivity contribution in [3.05, 3.63) is 64.6 Å². The van der Waals surface area contributed by atoms with E-state index in [4.69, 9.17) is 4.74 Å². The Balaban J connectivity index is 1.58. The SMILES string of the molecule is O=C([O-])CC[C@@H](NS(=O)(=O)c1ccc(COc2ccc(/C=C3\SC(=O)NC3=O)cc2)cc1)C(=O)[O-]. The molecule has 2 aromatic carbocycles. The van der Waals surface area contributed by atoms with E-state index in [1.54, 1.807) is 30.3 Å². The molecule has 0 unspecified atom stereocenters. The molecule has 1 fully saturated rings. The Morgan fingerprint density at radius 3 is 2.26 bits per heavy atom. The molecule has 13 heteroatoms. The third-order valence-electron chi connectivity index (χ3n) is 4.68. The number of carboxylic acid groups (broad SMARTS) is 2. The van der Waals surface area contributed by atoms with Crippen LogP contribution in [0.2, 0.25) is 0 Å². The standard InChI is InChI=1S/C22H20N2O9S2/c25-19(26)10-9-17(21(28)29)24-35(31,32)16-7-3-14(4-8-16)12-33-15-5-1-13(2-6-15)11-18-20(27)23-22(30)34-18/h1-8,11,17,24H,9-10,12H2,(H,25,26)(H,28,29)(H,23,27,30)/p-2/b18-11-/t17-/m1/s1. The molecule has 1 heterocycles. The molecule has 0 aromatic heterocycles. The number of amides is 2. The number of carbonyl (C=O) groups excluding carboxylic acids is 4. The summed E-state index contributed by atoms with van der Waals surface area (Å²) in [5, 5.41) is 23.4. The maximum absolute atomic E-state index is 12.4. The van der Waals surface area contributed by atoms with Crippen LogP contribution < -0.4 is 25.0 Å². The predicted octanol–water partition coefficient (Wildman–Crippen LogP) is -0.484. The highest BCUT2D eigenvalue weighted by Gasteiger charge is 2.25. The van der Waals surface area contributed by atoms with Crippen LogP contribution >= 0.6 is 11.8 Å². The lowest BCUT2D eigenvalue weighted by Gasteiger charge is -2.20. The Labute approximate surface area is 204 Å². The summed E-state index contributed by atoms with van der Waals surface area (Å²) in [6.45, 7) is 0.105. The van der Waals surface area contributed by atoms with Crippen LogP contribution in [0, 0.1) is 0 Å². The van der Waals surface area contributed by atoms with Crippen LogP contribution in [0.15, 0.2) is 58.3 Å². The number of aliphatic carboxylic acids is 2. The number of sulfonamides is 1. The second-order valence-electron chi connectivity index (χ2n) is 7.26. The number of nitrogens with one attached hydrogen (secondary N) is 2. The van der Waals surface area contributed by atoms with Gasteiger partial charge in [-0.05, 0) is 66.1 Å². The highest BCUT2D eigenvalue weighted by atomic mass is 32.2. The van der Waals surface area contributed by atoms with Crippen LogP contribution in [0.25, 0.3) is 6.08 Å². The first kappa shape index (κ1) is 25.9. The van der Waals surface area contributed by atoms with E-state index >= 15 is 0 Å². The second-order valence-corrected chi connectivity index (χ2v) is 9.99. The number of rotatable bonds is 11. The highest BCUT2D eigenvalue weighted by molar-refractivity contribution is 8.18. The first-order valence-electron chi connectivity index (χ1n) is 10.0. The van der Waals surface area contributed by atoms with Crippen LogP contribution in [0.1, 0.15) is 24.0 Å². The minimum absolute atomic E-state index is 0.105. The summed E-state index contributed by atoms with van der Waals surface area (Å²) < 4.78 is 32.4. The molecule has 1 aliphatic rings. The van der Waals surface area contributed by atoms with Crippen molar-refractivity contribution in [3.8, 4) is 5.75 Å². The van der Waals surface area contributed by atoms with Crippen molar-refractivity contribution in [1.82, 2.24) is 10.0 Å². The third-order valence-corrected chi connectivity index (χ3v) is 6.98. The van der Waals surface area contributed by atoms with Crippen molar-refractivity contribution in [1.29, 1.82) is 0 Å². The molecule has 2 amide bonds. The van der Waals surface area contributed by atoms with E-state index in [2.05, 4.69) is 5.32 Å². The van der Waals surface area contributed by atoms with Gasteiger partial charge in [-0.25, -0.2) is 13.1 Å². The minimum Gasteiger partial charge on any atom is -0.550 e. The fourth-order valence-corrected chi connectivity index (χ4v) is 4.81. The number of hydrogen-bond acceptors (Lipinski definition) is 10. The summed E-state index contributed by atoms with van der Waals surface area (Å²) in [6.07, 6.45) is 0.408. The van der Waals surface area contributed by atoms with Gasteiger partial charge >= 0.3 is 0 Å². The maximum atomic E-state index is 12.4. The van der Waals surface area contributed by atoms with Crippen LogP contribution in [-0.2, 0) is 31.0 Å². The average Bonchev–Trinajstić information content (AvgIpc) is 3.12. The van der Waals surface area contributed by atoms with Gasteiger partial charge in [0.25, 0.3) is 11.1 Å². The molecule has 0 radical (unpaired) electrons. The summed E-state index contributed by atoms with van der Waals surface area (Å²) in [7, 11) is -4.24. The zero-order valence-electron chi connectivity index (χ0n) is 17.9. The van der Waals surface area contributed by atoms with Gasteiger partial charge in [0.1, 0.15) is 12.4 Å². The molecule has 1 aliphatic heterocycles. The van der Waals surface area contributed by atoms with Crippen molar-refractivity contribution in [2.24, 2.45) is 0 Å². The molecule has 1 saturated heterocycles. The summed E-state index contributed by atoms with van der Waals surface area (Å²) in [5.74, 6) is -3.20. The number of thioether (sulfide) groups is 1. The van der Waals surface area contributed by atoms with E-state index in [0.29, 0.717) is 16.9 Å². The molecule has 184 valence electrons. The molecule has 0 bridgehead atoms. The van der Waals surface area contributed by atoms with Gasteiger partial charge in [-0.2, -0.15) is 0 Å². The lowest BCUT2D eigenvalue weighted by atomic mass is 10.2. The molecule has 1 atom stereocenters. The van der Waals surface area contributed by atoms with Crippen LogP contribution in [0.3, 0.4) is 0 Å². The van der Waals surface area contributed by atoms with Gasteiger partial charge in [0.2, 0.25) is 10.0 Å². The van der Waals surface area contributed by atoms with Gasteiger partial charge in [-0.3, -0.25) is 14.9 Å². The summed E-state index contributed by atoms with van der Waals surface area (Å²) in [4.78, 5) is 44.5. The van der Waals surface area contributed by atoms with Gasteiger partial charge in [-0.1, -0.05) is 24.3 Å². The smallest absolute Gasteiger partial charge is 0.290 e. The van der Waals surface area contributed by atoms with E-state index in [1.807, 2.05) is 4.72 Å². The number of carbonyl (C=O) groups is 4. The Bertz CT molecular complexity index is 1270. The van der Waals surface area contributed by atoms with Gasteiger partial charge in [-0.15, -0.1) is 0 Å². The minimum atomic E-state index is -4.24. The number of imide groups is 1. The molecular weight excluding hydrogens is 500 g/mol. The number of hydrogen-bond donors (Lipinski definition) is 2. The van der Waals surface area contributed by atoms with Gasteiger partial charge in [0.05, 0.1) is 21.8 Å². The monoisotopic (exact) mass is 518 g/mol. The fraction of sp³-hybridized carbons (Fsp3) is 0.182. The van der Waals surface area contributed by atoms with Gasteiger partial charge in [0.15, 0.2) is 0 Å².